The van der Waals surface area contributed by atoms with Crippen LogP contribution in [-0.2, 0) is 9.59 Å². The summed E-state index contributed by atoms with van der Waals surface area (Å²) in [7, 11) is 3.99. The minimum Gasteiger partial charge on any atom is -0.378 e. The molecule has 1 aliphatic rings. The molecule has 1 fully saturated rings. The van der Waals surface area contributed by atoms with E-state index < -0.39 is 11.8 Å². The lowest BCUT2D eigenvalue weighted by Gasteiger charge is -2.28. The standard InChI is InChI=1S/C23H27N5O2/c1-27(2)19-11-9-17(10-12-19)21(28-13-5-6-14-28)16-25-22(29)23(30)26-20-8-4-3-7-18(20)15-24/h3-4,7-12,21H,5-6,13-14,16H2,1-2H3,(H,25,29)(H,26,30)/t21-/m1/s1. The molecule has 156 valence electrons. The molecule has 2 aromatic rings. The van der Waals surface area contributed by atoms with Crippen molar-refractivity contribution in [1.29, 1.82) is 5.26 Å². The third-order valence-electron chi connectivity index (χ3n) is 5.33. The summed E-state index contributed by atoms with van der Waals surface area (Å²) in [4.78, 5) is 29.1. The number of likely N-dealkylation sites (tertiary alicyclic amines) is 1. The van der Waals surface area contributed by atoms with Crippen LogP contribution in [0.3, 0.4) is 0 Å². The lowest BCUT2D eigenvalue weighted by Crippen LogP contribution is -2.41. The Balaban J connectivity index is 1.66. The molecule has 7 nitrogen and oxygen atoms in total. The first-order chi connectivity index (χ1) is 14.5. The molecule has 1 atom stereocenters. The Labute approximate surface area is 177 Å². The average Bonchev–Trinajstić information content (AvgIpc) is 3.29. The topological polar surface area (TPSA) is 88.5 Å². The Morgan fingerprint density at radius 2 is 1.73 bits per heavy atom. The van der Waals surface area contributed by atoms with Crippen LogP contribution >= 0.6 is 0 Å². The van der Waals surface area contributed by atoms with Crippen LogP contribution in [0.15, 0.2) is 48.5 Å². The van der Waals surface area contributed by atoms with E-state index in [4.69, 9.17) is 5.26 Å². The van der Waals surface area contributed by atoms with Crippen molar-refractivity contribution in [3.63, 3.8) is 0 Å². The van der Waals surface area contributed by atoms with Gasteiger partial charge in [-0.3, -0.25) is 14.5 Å². The molecule has 2 N–H and O–H groups in total. The van der Waals surface area contributed by atoms with Crippen molar-refractivity contribution in [3.05, 3.63) is 59.7 Å². The number of hydrogen-bond donors (Lipinski definition) is 2. The lowest BCUT2D eigenvalue weighted by atomic mass is 10.0. The Morgan fingerprint density at radius 1 is 1.07 bits per heavy atom. The maximum atomic E-state index is 12.4. The highest BCUT2D eigenvalue weighted by Gasteiger charge is 2.25. The minimum atomic E-state index is -0.777. The number of nitriles is 1. The van der Waals surface area contributed by atoms with Crippen LogP contribution in [-0.4, -0.2) is 50.4 Å². The molecule has 0 unspecified atom stereocenters. The van der Waals surface area contributed by atoms with Gasteiger partial charge >= 0.3 is 11.8 Å². The van der Waals surface area contributed by atoms with E-state index >= 15 is 0 Å². The third-order valence-corrected chi connectivity index (χ3v) is 5.33. The van der Waals surface area contributed by atoms with Gasteiger partial charge < -0.3 is 15.5 Å². The SMILES string of the molecule is CN(C)c1ccc([C@@H](CNC(=O)C(=O)Nc2ccccc2C#N)N2CCCC2)cc1. The summed E-state index contributed by atoms with van der Waals surface area (Å²) in [6.45, 7) is 2.28. The average molecular weight is 406 g/mol. The van der Waals surface area contributed by atoms with Gasteiger partial charge in [0.2, 0.25) is 0 Å². The largest absolute Gasteiger partial charge is 0.378 e. The van der Waals surface area contributed by atoms with Gasteiger partial charge in [0, 0.05) is 26.3 Å². The molecule has 0 radical (unpaired) electrons. The Morgan fingerprint density at radius 3 is 2.37 bits per heavy atom. The number of para-hydroxylation sites is 1. The second kappa shape index (κ2) is 9.90. The summed E-state index contributed by atoms with van der Waals surface area (Å²) in [5.74, 6) is -1.49. The van der Waals surface area contributed by atoms with Crippen LogP contribution in [0.25, 0.3) is 0 Å². The Kier molecular flexibility index (Phi) is 7.04. The predicted molar refractivity (Wildman–Crippen MR) is 117 cm³/mol. The van der Waals surface area contributed by atoms with Crippen molar-refractivity contribution in [1.82, 2.24) is 10.2 Å². The molecule has 1 saturated heterocycles. The molecule has 7 heteroatoms. The molecular formula is C23H27N5O2. The summed E-state index contributed by atoms with van der Waals surface area (Å²) in [5, 5.41) is 14.4. The summed E-state index contributed by atoms with van der Waals surface area (Å²) in [6, 6.07) is 16.9. The number of hydrogen-bond acceptors (Lipinski definition) is 5. The van der Waals surface area contributed by atoms with Gasteiger partial charge in [0.15, 0.2) is 0 Å². The molecule has 0 aliphatic carbocycles. The van der Waals surface area contributed by atoms with Crippen LogP contribution in [0, 0.1) is 11.3 Å². The van der Waals surface area contributed by atoms with Gasteiger partial charge in [0.05, 0.1) is 17.3 Å². The van der Waals surface area contributed by atoms with Crippen molar-refractivity contribution in [2.24, 2.45) is 0 Å². The Bertz CT molecular complexity index is 927. The second-order valence-corrected chi connectivity index (χ2v) is 7.57. The summed E-state index contributed by atoms with van der Waals surface area (Å²) in [5.41, 5.74) is 2.86. The second-order valence-electron chi connectivity index (χ2n) is 7.57. The van der Waals surface area contributed by atoms with Gasteiger partial charge in [0.25, 0.3) is 0 Å². The zero-order valence-electron chi connectivity index (χ0n) is 17.4. The zero-order chi connectivity index (χ0) is 21.5. The number of benzene rings is 2. The first-order valence-corrected chi connectivity index (χ1v) is 10.1. The van der Waals surface area contributed by atoms with Crippen LogP contribution < -0.4 is 15.5 Å². The normalized spacial score (nSPS) is 14.6. The minimum absolute atomic E-state index is 0.00635. The van der Waals surface area contributed by atoms with Crippen molar-refractivity contribution in [2.75, 3.05) is 43.9 Å². The highest BCUT2D eigenvalue weighted by atomic mass is 16.2. The molecule has 2 aromatic carbocycles. The van der Waals surface area contributed by atoms with E-state index in [2.05, 4.69) is 39.8 Å². The molecule has 3 rings (SSSR count). The van der Waals surface area contributed by atoms with Crippen LogP contribution in [0.4, 0.5) is 11.4 Å². The fraction of sp³-hybridized carbons (Fsp3) is 0.348. The van der Waals surface area contributed by atoms with Crippen molar-refractivity contribution >= 4 is 23.2 Å². The van der Waals surface area contributed by atoms with E-state index in [-0.39, 0.29) is 6.04 Å². The van der Waals surface area contributed by atoms with Gasteiger partial charge in [-0.2, -0.15) is 5.26 Å². The monoisotopic (exact) mass is 405 g/mol. The molecule has 1 aliphatic heterocycles. The fourth-order valence-corrected chi connectivity index (χ4v) is 3.64. The number of anilines is 2. The van der Waals surface area contributed by atoms with E-state index in [1.807, 2.05) is 25.1 Å². The molecule has 1 heterocycles. The molecule has 0 bridgehead atoms. The zero-order valence-corrected chi connectivity index (χ0v) is 17.4. The van der Waals surface area contributed by atoms with Gasteiger partial charge in [-0.15, -0.1) is 0 Å². The van der Waals surface area contributed by atoms with Crippen molar-refractivity contribution < 1.29 is 9.59 Å². The van der Waals surface area contributed by atoms with Gasteiger partial charge in [-0.1, -0.05) is 24.3 Å². The molecule has 2 amide bonds. The number of rotatable bonds is 6. The van der Waals surface area contributed by atoms with Crippen molar-refractivity contribution in [3.8, 4) is 6.07 Å². The van der Waals surface area contributed by atoms with E-state index in [9.17, 15) is 9.59 Å². The highest BCUT2D eigenvalue weighted by Crippen LogP contribution is 2.26. The third kappa shape index (κ3) is 5.16. The van der Waals surface area contributed by atoms with Crippen molar-refractivity contribution in [2.45, 2.75) is 18.9 Å². The smallest absolute Gasteiger partial charge is 0.313 e. The van der Waals surface area contributed by atoms with E-state index in [1.54, 1.807) is 24.3 Å². The number of carbonyl (C=O) groups excluding carboxylic acids is 2. The Hall–Kier alpha value is -3.37. The number of carbonyl (C=O) groups is 2. The molecule has 0 aromatic heterocycles. The van der Waals surface area contributed by atoms with Gasteiger partial charge in [-0.25, -0.2) is 0 Å². The maximum absolute atomic E-state index is 12.4. The van der Waals surface area contributed by atoms with Crippen LogP contribution in [0.1, 0.15) is 30.0 Å². The fourth-order valence-electron chi connectivity index (χ4n) is 3.64. The summed E-state index contributed by atoms with van der Waals surface area (Å²) in [6.07, 6.45) is 2.26. The quantitative estimate of drug-likeness (QED) is 0.721. The van der Waals surface area contributed by atoms with Gasteiger partial charge in [0.1, 0.15) is 6.07 Å². The number of nitrogens with one attached hydrogen (secondary N) is 2. The maximum Gasteiger partial charge on any atom is 0.313 e. The highest BCUT2D eigenvalue weighted by molar-refractivity contribution is 6.39. The number of amides is 2. The summed E-state index contributed by atoms with van der Waals surface area (Å²) < 4.78 is 0. The molecule has 0 spiro atoms. The first kappa shape index (κ1) is 21.3. The van der Waals surface area contributed by atoms with Crippen LogP contribution in [0.5, 0.6) is 0 Å². The molecular weight excluding hydrogens is 378 g/mol. The van der Waals surface area contributed by atoms with E-state index in [0.29, 0.717) is 17.8 Å². The van der Waals surface area contributed by atoms with Crippen LogP contribution in [0.2, 0.25) is 0 Å². The first-order valence-electron chi connectivity index (χ1n) is 10.1. The van der Waals surface area contributed by atoms with E-state index in [0.717, 1.165) is 37.2 Å². The molecule has 30 heavy (non-hydrogen) atoms. The molecule has 0 saturated carbocycles. The summed E-state index contributed by atoms with van der Waals surface area (Å²) >= 11 is 0. The lowest BCUT2D eigenvalue weighted by molar-refractivity contribution is -0.136. The predicted octanol–water partition coefficient (Wildman–Crippen LogP) is 2.52. The van der Waals surface area contributed by atoms with E-state index in [1.165, 1.54) is 0 Å². The number of nitrogens with zero attached hydrogens (tertiary/aromatic N) is 3. The van der Waals surface area contributed by atoms with Gasteiger partial charge in [-0.05, 0) is 55.8 Å².